The monoisotopic (exact) mass is 283 g/mol. The Morgan fingerprint density at radius 3 is 2.50 bits per heavy atom. The van der Waals surface area contributed by atoms with Crippen LogP contribution >= 0.6 is 11.5 Å². The molecule has 102 valence electrons. The molecule has 0 unspecified atom stereocenters. The van der Waals surface area contributed by atoms with E-state index in [-0.39, 0.29) is 5.41 Å². The fraction of sp³-hybridized carbons (Fsp3) is 0.250. The molecule has 0 N–H and O–H groups in total. The van der Waals surface area contributed by atoms with Crippen molar-refractivity contribution in [2.75, 3.05) is 0 Å². The Balaban J connectivity index is 2.04. The molecular weight excluding hydrogens is 266 g/mol. The second kappa shape index (κ2) is 4.87. The number of benzene rings is 1. The molecule has 0 saturated carbocycles. The van der Waals surface area contributed by atoms with Crippen molar-refractivity contribution >= 4 is 22.9 Å². The molecule has 2 aromatic heterocycles. The molecule has 0 aliphatic rings. The SMILES string of the molecule is CC(C)(C)c1ccc(N=c2snc3ccccn23)cc1. The largest absolute Gasteiger partial charge is 0.275 e. The third-order valence-electron chi connectivity index (χ3n) is 3.22. The Kier molecular flexibility index (Phi) is 3.18. The van der Waals surface area contributed by atoms with Gasteiger partial charge in [-0.05, 0) is 35.2 Å². The summed E-state index contributed by atoms with van der Waals surface area (Å²) in [4.78, 5) is 5.56. The van der Waals surface area contributed by atoms with Crippen molar-refractivity contribution in [2.24, 2.45) is 4.99 Å². The van der Waals surface area contributed by atoms with Crippen LogP contribution in [-0.2, 0) is 5.41 Å². The highest BCUT2D eigenvalue weighted by Crippen LogP contribution is 2.24. The third-order valence-corrected chi connectivity index (χ3v) is 3.95. The normalized spacial score (nSPS) is 13.1. The lowest BCUT2D eigenvalue weighted by atomic mass is 9.87. The lowest BCUT2D eigenvalue weighted by Gasteiger charge is -2.18. The maximum atomic E-state index is 4.67. The lowest BCUT2D eigenvalue weighted by Crippen LogP contribution is -2.10. The van der Waals surface area contributed by atoms with E-state index in [2.05, 4.69) is 54.4 Å². The predicted molar refractivity (Wildman–Crippen MR) is 83.4 cm³/mol. The van der Waals surface area contributed by atoms with Crippen LogP contribution in [0.2, 0.25) is 0 Å². The molecule has 0 fully saturated rings. The second-order valence-electron chi connectivity index (χ2n) is 5.80. The summed E-state index contributed by atoms with van der Waals surface area (Å²) in [5, 5.41) is 0. The number of nitrogens with zero attached hydrogens (tertiary/aromatic N) is 3. The molecule has 1 aromatic carbocycles. The highest BCUT2D eigenvalue weighted by Gasteiger charge is 2.12. The van der Waals surface area contributed by atoms with Crippen LogP contribution in [-0.4, -0.2) is 8.77 Å². The molecule has 0 aliphatic heterocycles. The minimum Gasteiger partial charge on any atom is -0.275 e. The molecule has 3 rings (SSSR count). The summed E-state index contributed by atoms with van der Waals surface area (Å²) in [7, 11) is 0. The Morgan fingerprint density at radius 2 is 1.80 bits per heavy atom. The molecule has 20 heavy (non-hydrogen) atoms. The molecule has 0 saturated heterocycles. The number of hydrogen-bond acceptors (Lipinski definition) is 3. The summed E-state index contributed by atoms with van der Waals surface area (Å²) in [6, 6.07) is 14.4. The highest BCUT2D eigenvalue weighted by molar-refractivity contribution is 7.03. The van der Waals surface area contributed by atoms with Crippen molar-refractivity contribution < 1.29 is 0 Å². The first kappa shape index (κ1) is 13.1. The second-order valence-corrected chi connectivity index (χ2v) is 6.53. The summed E-state index contributed by atoms with van der Waals surface area (Å²) in [5.74, 6) is 0. The molecule has 0 radical (unpaired) electrons. The van der Waals surface area contributed by atoms with Gasteiger partial charge >= 0.3 is 0 Å². The average Bonchev–Trinajstić information content (AvgIpc) is 2.82. The zero-order valence-corrected chi connectivity index (χ0v) is 12.7. The minimum absolute atomic E-state index is 0.171. The van der Waals surface area contributed by atoms with Crippen molar-refractivity contribution in [3.05, 3.63) is 59.0 Å². The van der Waals surface area contributed by atoms with Gasteiger partial charge < -0.3 is 0 Å². The number of hydrogen-bond donors (Lipinski definition) is 0. The van der Waals surface area contributed by atoms with Crippen molar-refractivity contribution in [1.29, 1.82) is 0 Å². The van der Waals surface area contributed by atoms with Gasteiger partial charge in [-0.25, -0.2) is 4.99 Å². The quantitative estimate of drug-likeness (QED) is 0.665. The first-order chi connectivity index (χ1) is 9.54. The maximum Gasteiger partial charge on any atom is 0.213 e. The van der Waals surface area contributed by atoms with Gasteiger partial charge in [0.05, 0.1) is 5.69 Å². The van der Waals surface area contributed by atoms with Gasteiger partial charge in [0.25, 0.3) is 0 Å². The van der Waals surface area contributed by atoms with E-state index in [1.54, 1.807) is 0 Å². The topological polar surface area (TPSA) is 29.7 Å². The van der Waals surface area contributed by atoms with Gasteiger partial charge in [0.15, 0.2) is 5.65 Å². The molecule has 0 spiro atoms. The summed E-state index contributed by atoms with van der Waals surface area (Å²) in [6.45, 7) is 6.64. The van der Waals surface area contributed by atoms with E-state index in [0.717, 1.165) is 16.1 Å². The van der Waals surface area contributed by atoms with Gasteiger partial charge in [0.1, 0.15) is 0 Å². The summed E-state index contributed by atoms with van der Waals surface area (Å²) < 4.78 is 6.38. The van der Waals surface area contributed by atoms with E-state index in [4.69, 9.17) is 0 Å². The van der Waals surface area contributed by atoms with Gasteiger partial charge in [-0.2, -0.15) is 4.37 Å². The number of pyridine rings is 1. The van der Waals surface area contributed by atoms with Crippen LogP contribution in [0.4, 0.5) is 5.69 Å². The van der Waals surface area contributed by atoms with Crippen LogP contribution in [0.15, 0.2) is 53.7 Å². The standard InChI is InChI=1S/C16H17N3S/c1-16(2,3)12-7-9-13(10-8-12)17-15-19-11-5-4-6-14(19)18-20-15/h4-11H,1-3H3. The molecule has 0 atom stereocenters. The van der Waals surface area contributed by atoms with E-state index < -0.39 is 0 Å². The molecule has 4 heteroatoms. The zero-order chi connectivity index (χ0) is 14.2. The number of rotatable bonds is 1. The lowest BCUT2D eigenvalue weighted by molar-refractivity contribution is 0.590. The van der Waals surface area contributed by atoms with Crippen molar-refractivity contribution in [3.8, 4) is 0 Å². The minimum atomic E-state index is 0.171. The molecule has 2 heterocycles. The molecule has 0 aliphatic carbocycles. The Labute approximate surface area is 122 Å². The Hall–Kier alpha value is -1.94. The molecular formula is C16H17N3S. The van der Waals surface area contributed by atoms with E-state index in [0.29, 0.717) is 0 Å². The van der Waals surface area contributed by atoms with E-state index in [1.165, 1.54) is 17.1 Å². The first-order valence-electron chi connectivity index (χ1n) is 6.62. The van der Waals surface area contributed by atoms with Crippen LogP contribution in [0.3, 0.4) is 0 Å². The van der Waals surface area contributed by atoms with Gasteiger partial charge in [0.2, 0.25) is 4.80 Å². The van der Waals surface area contributed by atoms with E-state index in [1.807, 2.05) is 28.8 Å². The third kappa shape index (κ3) is 2.51. The van der Waals surface area contributed by atoms with Crippen molar-refractivity contribution in [1.82, 2.24) is 8.77 Å². The van der Waals surface area contributed by atoms with Crippen LogP contribution in [0, 0.1) is 0 Å². The first-order valence-corrected chi connectivity index (χ1v) is 7.40. The average molecular weight is 283 g/mol. The van der Waals surface area contributed by atoms with Gasteiger partial charge in [0, 0.05) is 17.7 Å². The van der Waals surface area contributed by atoms with Crippen LogP contribution in [0.5, 0.6) is 0 Å². The smallest absolute Gasteiger partial charge is 0.213 e. The van der Waals surface area contributed by atoms with E-state index in [9.17, 15) is 0 Å². The van der Waals surface area contributed by atoms with Crippen LogP contribution in [0.1, 0.15) is 26.3 Å². The number of aromatic nitrogens is 2. The molecule has 3 nitrogen and oxygen atoms in total. The van der Waals surface area contributed by atoms with Gasteiger partial charge in [-0.1, -0.05) is 39.0 Å². The Bertz CT molecular complexity index is 789. The van der Waals surface area contributed by atoms with Gasteiger partial charge in [-0.15, -0.1) is 0 Å². The summed E-state index contributed by atoms with van der Waals surface area (Å²) in [6.07, 6.45) is 1.99. The van der Waals surface area contributed by atoms with Crippen LogP contribution in [0.25, 0.3) is 5.65 Å². The molecule has 0 amide bonds. The Morgan fingerprint density at radius 1 is 1.05 bits per heavy atom. The summed E-state index contributed by atoms with van der Waals surface area (Å²) in [5.41, 5.74) is 3.38. The highest BCUT2D eigenvalue weighted by atomic mass is 32.1. The predicted octanol–water partition coefficient (Wildman–Crippen LogP) is 3.93. The molecule has 0 bridgehead atoms. The fourth-order valence-corrected chi connectivity index (χ4v) is 2.74. The molecule has 3 aromatic rings. The maximum absolute atomic E-state index is 4.67. The summed E-state index contributed by atoms with van der Waals surface area (Å²) >= 11 is 1.41. The van der Waals surface area contributed by atoms with Crippen molar-refractivity contribution in [3.63, 3.8) is 0 Å². The number of fused-ring (bicyclic) bond motifs is 1. The van der Waals surface area contributed by atoms with E-state index >= 15 is 0 Å². The van der Waals surface area contributed by atoms with Gasteiger partial charge in [-0.3, -0.25) is 4.40 Å². The van der Waals surface area contributed by atoms with Crippen molar-refractivity contribution in [2.45, 2.75) is 26.2 Å². The zero-order valence-electron chi connectivity index (χ0n) is 11.9. The fourth-order valence-electron chi connectivity index (χ4n) is 2.02. The van der Waals surface area contributed by atoms with Crippen LogP contribution < -0.4 is 4.80 Å².